The molecule has 4 heterocycles. The van der Waals surface area contributed by atoms with E-state index < -0.39 is 12.8 Å². The van der Waals surface area contributed by atoms with Gasteiger partial charge in [0.2, 0.25) is 17.6 Å². The maximum Gasteiger partial charge on any atom is 0.422 e. The van der Waals surface area contributed by atoms with Crippen LogP contribution in [0.3, 0.4) is 0 Å². The number of amides is 1. The van der Waals surface area contributed by atoms with Crippen molar-refractivity contribution in [2.45, 2.75) is 30.7 Å². The zero-order valence-corrected chi connectivity index (χ0v) is 27.9. The van der Waals surface area contributed by atoms with Crippen LogP contribution in [0.4, 0.5) is 13.2 Å². The molecule has 12 nitrogen and oxygen atoms in total. The summed E-state index contributed by atoms with van der Waals surface area (Å²) < 4.78 is 61.0. The number of aromatic nitrogens is 4. The highest BCUT2D eigenvalue weighted by Gasteiger charge is 2.44. The van der Waals surface area contributed by atoms with Crippen LogP contribution in [0.1, 0.15) is 33.1 Å². The molecular formula is C35H38F3N7O5. The van der Waals surface area contributed by atoms with Crippen LogP contribution in [0.15, 0.2) is 73.1 Å². The van der Waals surface area contributed by atoms with Crippen LogP contribution in [0.25, 0.3) is 0 Å². The first-order valence-corrected chi connectivity index (χ1v) is 16.1. The molecule has 2 fully saturated rings. The van der Waals surface area contributed by atoms with E-state index in [0.29, 0.717) is 32.7 Å². The summed E-state index contributed by atoms with van der Waals surface area (Å²) in [5.41, 5.74) is 2.68. The molecule has 15 heteroatoms. The summed E-state index contributed by atoms with van der Waals surface area (Å²) in [6.45, 7) is 1.04. The standard InChI is InChI=1S/C35H38F3N7O5/c1-47-29-17-39-16-27(40-29)33(46)44-14-15-45-25(19-44)18-43(20-26-31(48-2)41-34(49-3)42-32(26)50-22-35(36,37)38)21-28(45)30(23-10-6-4-7-11-23)24-12-8-5-9-13-24/h4-13,16-17,25,28,30H,14-15,18-22H2,1-3H3. The van der Waals surface area contributed by atoms with E-state index in [1.54, 1.807) is 4.90 Å². The van der Waals surface area contributed by atoms with Crippen LogP contribution >= 0.6 is 0 Å². The SMILES string of the molecule is COc1cncc(C(=O)N2CCN3C(CN(Cc4c(OC)nc(OC)nc4OCC(F)(F)F)CC3C(c3ccccc3)c3ccccc3)C2)n1. The van der Waals surface area contributed by atoms with Crippen molar-refractivity contribution in [3.05, 3.63) is 95.4 Å². The zero-order chi connectivity index (χ0) is 35.3. The molecule has 0 spiro atoms. The van der Waals surface area contributed by atoms with Crippen molar-refractivity contribution in [1.29, 1.82) is 0 Å². The second-order valence-electron chi connectivity index (χ2n) is 12.1. The number of rotatable bonds is 11. The van der Waals surface area contributed by atoms with Gasteiger partial charge in [-0.15, -0.1) is 0 Å². The molecule has 2 atom stereocenters. The summed E-state index contributed by atoms with van der Waals surface area (Å²) in [7, 11) is 4.16. The van der Waals surface area contributed by atoms with Crippen LogP contribution in [0.5, 0.6) is 23.7 Å². The number of nitrogens with zero attached hydrogens (tertiary/aromatic N) is 7. The Kier molecular flexibility index (Phi) is 10.6. The minimum absolute atomic E-state index is 0.0488. The lowest BCUT2D eigenvalue weighted by atomic mass is 9.81. The van der Waals surface area contributed by atoms with Gasteiger partial charge in [0.25, 0.3) is 5.91 Å². The Morgan fingerprint density at radius 3 is 2.14 bits per heavy atom. The second-order valence-corrected chi connectivity index (χ2v) is 12.1. The molecular weight excluding hydrogens is 655 g/mol. The third-order valence-corrected chi connectivity index (χ3v) is 8.94. The average molecular weight is 694 g/mol. The highest BCUT2D eigenvalue weighted by molar-refractivity contribution is 5.92. The first-order valence-electron chi connectivity index (χ1n) is 16.1. The van der Waals surface area contributed by atoms with Gasteiger partial charge in [0.05, 0.1) is 39.3 Å². The van der Waals surface area contributed by atoms with Crippen LogP contribution in [-0.4, -0.2) is 119 Å². The molecule has 0 saturated carbocycles. The lowest BCUT2D eigenvalue weighted by Crippen LogP contribution is -2.67. The Morgan fingerprint density at radius 1 is 0.840 bits per heavy atom. The van der Waals surface area contributed by atoms with Crippen molar-refractivity contribution in [2.24, 2.45) is 0 Å². The van der Waals surface area contributed by atoms with E-state index in [1.807, 2.05) is 36.4 Å². The number of carbonyl (C=O) groups is 1. The normalized spacial score (nSPS) is 18.4. The Bertz CT molecular complexity index is 1710. The number of hydrogen-bond acceptors (Lipinski definition) is 11. The molecule has 2 aliphatic heterocycles. The van der Waals surface area contributed by atoms with Gasteiger partial charge in [-0.1, -0.05) is 60.7 Å². The minimum atomic E-state index is -4.59. The summed E-state index contributed by atoms with van der Waals surface area (Å²) in [5.74, 6) is -0.312. The smallest absolute Gasteiger partial charge is 0.422 e. The average Bonchev–Trinajstić information content (AvgIpc) is 3.14. The van der Waals surface area contributed by atoms with Crippen LogP contribution in [0, 0.1) is 0 Å². The van der Waals surface area contributed by atoms with Gasteiger partial charge >= 0.3 is 12.2 Å². The summed E-state index contributed by atoms with van der Waals surface area (Å²) in [6, 6.07) is 20.0. The zero-order valence-electron chi connectivity index (χ0n) is 27.9. The molecule has 2 saturated heterocycles. The number of fused-ring (bicyclic) bond motifs is 1. The number of halogens is 3. The molecule has 2 aromatic heterocycles. The molecule has 2 aromatic carbocycles. The van der Waals surface area contributed by atoms with E-state index in [0.717, 1.165) is 11.1 Å². The first-order chi connectivity index (χ1) is 24.2. The van der Waals surface area contributed by atoms with E-state index in [1.165, 1.54) is 33.7 Å². The van der Waals surface area contributed by atoms with Crippen molar-refractivity contribution < 1.29 is 36.9 Å². The lowest BCUT2D eigenvalue weighted by molar-refractivity contribution is -0.154. The molecule has 4 aromatic rings. The Labute approximate surface area is 287 Å². The van der Waals surface area contributed by atoms with Gasteiger partial charge in [-0.3, -0.25) is 19.6 Å². The third-order valence-electron chi connectivity index (χ3n) is 8.94. The summed E-state index contributed by atoms with van der Waals surface area (Å²) in [5, 5.41) is 0. The maximum absolute atomic E-state index is 13.7. The van der Waals surface area contributed by atoms with Crippen molar-refractivity contribution >= 4 is 5.91 Å². The van der Waals surface area contributed by atoms with Gasteiger partial charge in [-0.05, 0) is 11.1 Å². The first kappa shape index (κ1) is 34.8. The lowest BCUT2D eigenvalue weighted by Gasteiger charge is -2.53. The van der Waals surface area contributed by atoms with Crippen molar-refractivity contribution in [3.63, 3.8) is 0 Å². The molecule has 0 radical (unpaired) electrons. The number of alkyl halides is 3. The number of piperazine rings is 2. The van der Waals surface area contributed by atoms with Crippen LogP contribution < -0.4 is 18.9 Å². The Morgan fingerprint density at radius 2 is 1.52 bits per heavy atom. The maximum atomic E-state index is 13.7. The number of benzene rings is 2. The predicted molar refractivity (Wildman–Crippen MR) is 175 cm³/mol. The molecule has 1 amide bonds. The van der Waals surface area contributed by atoms with Gasteiger partial charge < -0.3 is 23.8 Å². The number of hydrogen-bond donors (Lipinski definition) is 0. The van der Waals surface area contributed by atoms with Gasteiger partial charge in [-0.25, -0.2) is 4.98 Å². The highest BCUT2D eigenvalue weighted by Crippen LogP contribution is 2.38. The molecule has 6 rings (SSSR count). The molecule has 0 N–H and O–H groups in total. The quantitative estimate of drug-likeness (QED) is 0.227. The summed E-state index contributed by atoms with van der Waals surface area (Å²) in [4.78, 5) is 36.9. The molecule has 2 aliphatic rings. The summed E-state index contributed by atoms with van der Waals surface area (Å²) in [6.07, 6.45) is -1.73. The van der Waals surface area contributed by atoms with Crippen molar-refractivity contribution in [3.8, 4) is 23.7 Å². The van der Waals surface area contributed by atoms with Crippen LogP contribution in [0.2, 0.25) is 0 Å². The van der Waals surface area contributed by atoms with Crippen molar-refractivity contribution in [2.75, 3.05) is 60.7 Å². The van der Waals surface area contributed by atoms with E-state index in [4.69, 9.17) is 18.9 Å². The second kappa shape index (κ2) is 15.3. The number of methoxy groups -OCH3 is 3. The van der Waals surface area contributed by atoms with Gasteiger partial charge in [-0.2, -0.15) is 23.1 Å². The fourth-order valence-electron chi connectivity index (χ4n) is 6.80. The highest BCUT2D eigenvalue weighted by atomic mass is 19.4. The monoisotopic (exact) mass is 693 g/mol. The number of ether oxygens (including phenoxy) is 4. The third kappa shape index (κ3) is 7.89. The van der Waals surface area contributed by atoms with Gasteiger partial charge in [0.1, 0.15) is 0 Å². The predicted octanol–water partition coefficient (Wildman–Crippen LogP) is 4.08. The van der Waals surface area contributed by atoms with E-state index >= 15 is 0 Å². The van der Waals surface area contributed by atoms with Crippen LogP contribution in [-0.2, 0) is 6.54 Å². The van der Waals surface area contributed by atoms with Gasteiger partial charge in [0, 0.05) is 57.3 Å². The molecule has 0 aliphatic carbocycles. The van der Waals surface area contributed by atoms with E-state index in [2.05, 4.69) is 54.0 Å². The van der Waals surface area contributed by atoms with Gasteiger partial charge in [0.15, 0.2) is 12.3 Å². The van der Waals surface area contributed by atoms with E-state index in [-0.39, 0.29) is 65.4 Å². The fourth-order valence-corrected chi connectivity index (χ4v) is 6.80. The topological polar surface area (TPSA) is 115 Å². The minimum Gasteiger partial charge on any atom is -0.481 e. The van der Waals surface area contributed by atoms with Crippen molar-refractivity contribution in [1.82, 2.24) is 34.6 Å². The molecule has 2 unspecified atom stereocenters. The molecule has 0 bridgehead atoms. The molecule has 50 heavy (non-hydrogen) atoms. The summed E-state index contributed by atoms with van der Waals surface area (Å²) >= 11 is 0. The fraction of sp³-hybridized carbons (Fsp3) is 0.400. The Balaban J connectivity index is 1.37. The Hall–Kier alpha value is -5.02. The number of carbonyl (C=O) groups excluding carboxylic acids is 1. The molecule has 264 valence electrons. The largest absolute Gasteiger partial charge is 0.481 e. The van der Waals surface area contributed by atoms with E-state index in [9.17, 15) is 18.0 Å².